The fourth-order valence-corrected chi connectivity index (χ4v) is 1.36. The fraction of sp³-hybridized carbons (Fsp3) is 0. The van der Waals surface area contributed by atoms with E-state index in [0.29, 0.717) is 5.56 Å². The number of nitrogens with one attached hydrogen (secondary N) is 1. The third-order valence-corrected chi connectivity index (χ3v) is 2.26. The second kappa shape index (κ2) is 5.55. The number of rotatable bonds is 3. The summed E-state index contributed by atoms with van der Waals surface area (Å²) in [5.74, 6) is -6.96. The Labute approximate surface area is 110 Å². The number of pyridine rings is 1. The van der Waals surface area contributed by atoms with Crippen molar-refractivity contribution in [3.05, 3.63) is 53.4 Å². The van der Waals surface area contributed by atoms with Crippen LogP contribution in [0, 0.1) is 23.5 Å². The first-order chi connectivity index (χ1) is 9.49. The molecule has 0 saturated heterocycles. The Morgan fingerprint density at radius 1 is 1.10 bits per heavy atom. The van der Waals surface area contributed by atoms with E-state index in [1.165, 1.54) is 18.2 Å². The zero-order valence-corrected chi connectivity index (χ0v) is 9.74. The number of benzene rings is 1. The number of nitrogens with zero attached hydrogens (tertiary/aromatic N) is 2. The first kappa shape index (κ1) is 13.8. The number of hydrazone groups is 1. The van der Waals surface area contributed by atoms with Gasteiger partial charge in [0.15, 0.2) is 0 Å². The standard InChI is InChI=1S/C12H7F4N3O/c13-8-10(9(14)12(16)18-11(8)15)19-17-5-6-2-1-3-7(20)4-6/h1-5,20H,(H,18,19)/b17-5+. The van der Waals surface area contributed by atoms with Gasteiger partial charge in [-0.25, -0.2) is 0 Å². The minimum absolute atomic E-state index is 0.0349. The van der Waals surface area contributed by atoms with Gasteiger partial charge in [0.05, 0.1) is 6.21 Å². The third kappa shape index (κ3) is 2.85. The number of halogens is 4. The van der Waals surface area contributed by atoms with Crippen molar-refractivity contribution in [3.8, 4) is 5.75 Å². The average molecular weight is 285 g/mol. The van der Waals surface area contributed by atoms with Crippen LogP contribution in [0.25, 0.3) is 0 Å². The zero-order valence-electron chi connectivity index (χ0n) is 9.74. The smallest absolute Gasteiger partial charge is 0.254 e. The molecular weight excluding hydrogens is 278 g/mol. The Kier molecular flexibility index (Phi) is 3.83. The topological polar surface area (TPSA) is 57.5 Å². The number of hydrogen-bond acceptors (Lipinski definition) is 4. The van der Waals surface area contributed by atoms with Crippen LogP contribution < -0.4 is 5.43 Å². The van der Waals surface area contributed by atoms with E-state index < -0.39 is 29.2 Å². The number of aromatic nitrogens is 1. The van der Waals surface area contributed by atoms with Crippen molar-refractivity contribution in [2.75, 3.05) is 5.43 Å². The molecule has 0 aliphatic rings. The maximum atomic E-state index is 13.2. The van der Waals surface area contributed by atoms with Gasteiger partial charge in [0.2, 0.25) is 11.6 Å². The van der Waals surface area contributed by atoms with Gasteiger partial charge in [0.25, 0.3) is 11.9 Å². The number of hydrogen-bond donors (Lipinski definition) is 2. The summed E-state index contributed by atoms with van der Waals surface area (Å²) in [4.78, 5) is 2.40. The van der Waals surface area contributed by atoms with Crippen molar-refractivity contribution in [2.24, 2.45) is 5.10 Å². The van der Waals surface area contributed by atoms with Gasteiger partial charge < -0.3 is 5.11 Å². The van der Waals surface area contributed by atoms with Crippen molar-refractivity contribution in [1.82, 2.24) is 4.98 Å². The second-order valence-corrected chi connectivity index (χ2v) is 3.66. The van der Waals surface area contributed by atoms with Crippen LogP contribution in [0.4, 0.5) is 23.2 Å². The van der Waals surface area contributed by atoms with Gasteiger partial charge in [-0.3, -0.25) is 5.43 Å². The highest BCUT2D eigenvalue weighted by Gasteiger charge is 2.20. The summed E-state index contributed by atoms with van der Waals surface area (Å²) in [7, 11) is 0. The normalized spacial score (nSPS) is 11.0. The van der Waals surface area contributed by atoms with E-state index in [1.807, 2.05) is 5.43 Å². The molecule has 0 aliphatic heterocycles. The molecule has 0 saturated carbocycles. The van der Waals surface area contributed by atoms with Crippen molar-refractivity contribution in [1.29, 1.82) is 0 Å². The molecule has 0 unspecified atom stereocenters. The van der Waals surface area contributed by atoms with E-state index in [0.717, 1.165) is 6.21 Å². The monoisotopic (exact) mass is 285 g/mol. The second-order valence-electron chi connectivity index (χ2n) is 3.66. The molecular formula is C12H7F4N3O. The Morgan fingerprint density at radius 3 is 2.35 bits per heavy atom. The van der Waals surface area contributed by atoms with Gasteiger partial charge in [-0.1, -0.05) is 12.1 Å². The molecule has 104 valence electrons. The minimum atomic E-state index is -1.78. The maximum Gasteiger partial charge on any atom is 0.254 e. The fourth-order valence-electron chi connectivity index (χ4n) is 1.36. The van der Waals surface area contributed by atoms with Gasteiger partial charge in [-0.05, 0) is 17.7 Å². The molecule has 1 aromatic heterocycles. The number of phenolic OH excluding ortho intramolecular Hbond substituents is 1. The van der Waals surface area contributed by atoms with Gasteiger partial charge in [0, 0.05) is 0 Å². The molecule has 0 aliphatic carbocycles. The van der Waals surface area contributed by atoms with Gasteiger partial charge in [-0.2, -0.15) is 27.6 Å². The van der Waals surface area contributed by atoms with Gasteiger partial charge in [0.1, 0.15) is 11.4 Å². The Balaban J connectivity index is 2.23. The summed E-state index contributed by atoms with van der Waals surface area (Å²) in [6.07, 6.45) is 1.11. The molecule has 0 radical (unpaired) electrons. The lowest BCUT2D eigenvalue weighted by molar-refractivity contribution is 0.411. The molecule has 2 rings (SSSR count). The maximum absolute atomic E-state index is 13.2. The molecule has 0 atom stereocenters. The van der Waals surface area contributed by atoms with Crippen molar-refractivity contribution in [3.63, 3.8) is 0 Å². The number of aromatic hydroxyl groups is 1. The van der Waals surface area contributed by atoms with Crippen LogP contribution in [0.15, 0.2) is 29.4 Å². The Morgan fingerprint density at radius 2 is 1.75 bits per heavy atom. The van der Waals surface area contributed by atoms with E-state index in [9.17, 15) is 22.7 Å². The van der Waals surface area contributed by atoms with Crippen molar-refractivity contribution >= 4 is 11.9 Å². The molecule has 1 aromatic carbocycles. The minimum Gasteiger partial charge on any atom is -0.508 e. The Hall–Kier alpha value is -2.64. The van der Waals surface area contributed by atoms with E-state index in [1.54, 1.807) is 6.07 Å². The molecule has 0 spiro atoms. The lowest BCUT2D eigenvalue weighted by atomic mass is 10.2. The lowest BCUT2D eigenvalue weighted by Crippen LogP contribution is -2.05. The van der Waals surface area contributed by atoms with Crippen LogP contribution in [-0.2, 0) is 0 Å². The zero-order chi connectivity index (χ0) is 14.7. The summed E-state index contributed by atoms with van der Waals surface area (Å²) in [6, 6.07) is 5.80. The summed E-state index contributed by atoms with van der Waals surface area (Å²) in [6.45, 7) is 0. The summed E-state index contributed by atoms with van der Waals surface area (Å²) in [5, 5.41) is 12.6. The summed E-state index contributed by atoms with van der Waals surface area (Å²) in [5.41, 5.74) is 1.17. The molecule has 20 heavy (non-hydrogen) atoms. The molecule has 0 fully saturated rings. The highest BCUT2D eigenvalue weighted by atomic mass is 19.2. The van der Waals surface area contributed by atoms with E-state index >= 15 is 0 Å². The SMILES string of the molecule is Oc1cccc(/C=N/Nc2c(F)c(F)nc(F)c2F)c1. The van der Waals surface area contributed by atoms with Crippen LogP contribution in [-0.4, -0.2) is 16.3 Å². The first-order valence-corrected chi connectivity index (χ1v) is 5.27. The van der Waals surface area contributed by atoms with Gasteiger partial charge in [-0.15, -0.1) is 0 Å². The average Bonchev–Trinajstić information content (AvgIpc) is 2.40. The van der Waals surface area contributed by atoms with Crippen LogP contribution in [0.5, 0.6) is 5.75 Å². The predicted octanol–water partition coefficient (Wildman–Crippen LogP) is 2.79. The van der Waals surface area contributed by atoms with Crippen molar-refractivity contribution < 1.29 is 22.7 Å². The molecule has 1 heterocycles. The highest BCUT2D eigenvalue weighted by molar-refractivity contribution is 5.80. The van der Waals surface area contributed by atoms with Crippen LogP contribution >= 0.6 is 0 Å². The molecule has 0 amide bonds. The van der Waals surface area contributed by atoms with Crippen LogP contribution in [0.3, 0.4) is 0 Å². The highest BCUT2D eigenvalue weighted by Crippen LogP contribution is 2.21. The Bertz CT molecular complexity index is 650. The quantitative estimate of drug-likeness (QED) is 0.394. The van der Waals surface area contributed by atoms with Crippen LogP contribution in [0.2, 0.25) is 0 Å². The predicted molar refractivity (Wildman–Crippen MR) is 63.4 cm³/mol. The van der Waals surface area contributed by atoms with E-state index in [4.69, 9.17) is 0 Å². The summed E-state index contributed by atoms with van der Waals surface area (Å²) >= 11 is 0. The summed E-state index contributed by atoms with van der Waals surface area (Å²) < 4.78 is 52.0. The molecule has 2 N–H and O–H groups in total. The molecule has 4 nitrogen and oxygen atoms in total. The van der Waals surface area contributed by atoms with E-state index in [2.05, 4.69) is 10.1 Å². The molecule has 2 aromatic rings. The number of phenols is 1. The molecule has 0 bridgehead atoms. The largest absolute Gasteiger partial charge is 0.508 e. The lowest BCUT2D eigenvalue weighted by Gasteiger charge is -2.04. The van der Waals surface area contributed by atoms with E-state index in [-0.39, 0.29) is 5.75 Å². The third-order valence-electron chi connectivity index (χ3n) is 2.26. The van der Waals surface area contributed by atoms with Crippen molar-refractivity contribution in [2.45, 2.75) is 0 Å². The first-order valence-electron chi connectivity index (χ1n) is 5.27. The van der Waals surface area contributed by atoms with Crippen LogP contribution in [0.1, 0.15) is 5.56 Å². The molecule has 8 heteroatoms. The van der Waals surface area contributed by atoms with Gasteiger partial charge >= 0.3 is 0 Å². The number of anilines is 1.